The Kier molecular flexibility index (Phi) is 6.56. The van der Waals surface area contributed by atoms with Crippen molar-refractivity contribution in [3.63, 3.8) is 0 Å². The molecule has 29 heavy (non-hydrogen) atoms. The Morgan fingerprint density at radius 3 is 2.62 bits per heavy atom. The standard InChI is InChI=1S/C21H19FN2O4S/c1-28-21(27)14(10-13-6-8-15(25)9-7-13)11-23-19(26)18-12-29-20(24-18)16-4-2-3-5-17(16)22/h2-9,12,14,25H,10-11H2,1H3,(H,23,26). The van der Waals surface area contributed by atoms with Gasteiger partial charge in [-0.3, -0.25) is 9.59 Å². The van der Waals surface area contributed by atoms with Crippen LogP contribution in [0.3, 0.4) is 0 Å². The van der Waals surface area contributed by atoms with E-state index in [2.05, 4.69) is 10.3 Å². The van der Waals surface area contributed by atoms with Gasteiger partial charge in [-0.2, -0.15) is 0 Å². The van der Waals surface area contributed by atoms with Crippen LogP contribution in [0.25, 0.3) is 10.6 Å². The van der Waals surface area contributed by atoms with E-state index in [9.17, 15) is 19.1 Å². The second-order valence-corrected chi connectivity index (χ2v) is 7.18. The van der Waals surface area contributed by atoms with Gasteiger partial charge in [-0.05, 0) is 36.2 Å². The molecular formula is C21H19FN2O4S. The number of aromatic hydroxyl groups is 1. The monoisotopic (exact) mass is 414 g/mol. The molecule has 3 rings (SSSR count). The number of aromatic nitrogens is 1. The number of rotatable bonds is 7. The molecule has 3 aromatic rings. The quantitative estimate of drug-likeness (QED) is 0.579. The molecule has 1 heterocycles. The fourth-order valence-electron chi connectivity index (χ4n) is 2.76. The minimum atomic E-state index is -0.599. The van der Waals surface area contributed by atoms with Crippen LogP contribution in [0.5, 0.6) is 5.75 Å². The van der Waals surface area contributed by atoms with Crippen molar-refractivity contribution in [2.24, 2.45) is 5.92 Å². The Balaban J connectivity index is 1.66. The zero-order valence-electron chi connectivity index (χ0n) is 15.6. The third-order valence-electron chi connectivity index (χ3n) is 4.30. The molecule has 0 aliphatic heterocycles. The van der Waals surface area contributed by atoms with E-state index in [0.29, 0.717) is 17.0 Å². The molecule has 0 aliphatic rings. The molecule has 1 unspecified atom stereocenters. The molecule has 8 heteroatoms. The highest BCUT2D eigenvalue weighted by Gasteiger charge is 2.22. The number of benzene rings is 2. The summed E-state index contributed by atoms with van der Waals surface area (Å²) in [5.74, 6) is -1.79. The van der Waals surface area contributed by atoms with E-state index in [1.54, 1.807) is 35.7 Å². The van der Waals surface area contributed by atoms with Crippen molar-refractivity contribution >= 4 is 23.2 Å². The SMILES string of the molecule is COC(=O)C(CNC(=O)c1csc(-c2ccccc2F)n1)Cc1ccc(O)cc1. The summed E-state index contributed by atoms with van der Waals surface area (Å²) in [5.41, 5.74) is 1.31. The number of methoxy groups -OCH3 is 1. The number of hydrogen-bond donors (Lipinski definition) is 2. The van der Waals surface area contributed by atoms with Crippen molar-refractivity contribution in [3.8, 4) is 16.3 Å². The molecule has 1 atom stereocenters. The Morgan fingerprint density at radius 1 is 1.21 bits per heavy atom. The number of carbonyl (C=O) groups is 2. The van der Waals surface area contributed by atoms with Crippen molar-refractivity contribution in [2.45, 2.75) is 6.42 Å². The number of phenolic OH excluding ortho intramolecular Hbond substituents is 1. The smallest absolute Gasteiger partial charge is 0.310 e. The molecule has 1 aromatic heterocycles. The number of esters is 1. The van der Waals surface area contributed by atoms with Crippen LogP contribution >= 0.6 is 11.3 Å². The summed E-state index contributed by atoms with van der Waals surface area (Å²) in [6.45, 7) is 0.0545. The number of phenols is 1. The van der Waals surface area contributed by atoms with Gasteiger partial charge in [0.1, 0.15) is 22.3 Å². The number of amides is 1. The molecule has 0 spiro atoms. The highest BCUT2D eigenvalue weighted by atomic mass is 32.1. The molecule has 0 saturated heterocycles. The molecule has 1 amide bonds. The van der Waals surface area contributed by atoms with Crippen molar-refractivity contribution in [1.29, 1.82) is 0 Å². The summed E-state index contributed by atoms with van der Waals surface area (Å²) in [4.78, 5) is 28.7. The first-order valence-corrected chi connectivity index (χ1v) is 9.70. The molecule has 150 valence electrons. The molecule has 0 bridgehead atoms. The topological polar surface area (TPSA) is 88.5 Å². The average Bonchev–Trinajstić information content (AvgIpc) is 3.22. The molecule has 0 saturated carbocycles. The van der Waals surface area contributed by atoms with Gasteiger partial charge in [0.05, 0.1) is 13.0 Å². The Morgan fingerprint density at radius 2 is 1.93 bits per heavy atom. The molecule has 6 nitrogen and oxygen atoms in total. The molecular weight excluding hydrogens is 395 g/mol. The Labute approximate surface area is 171 Å². The number of hydrogen-bond acceptors (Lipinski definition) is 6. The van der Waals surface area contributed by atoms with Gasteiger partial charge in [-0.25, -0.2) is 9.37 Å². The van der Waals surface area contributed by atoms with Gasteiger partial charge in [0.15, 0.2) is 0 Å². The van der Waals surface area contributed by atoms with Gasteiger partial charge in [0.25, 0.3) is 5.91 Å². The first kappa shape index (κ1) is 20.5. The zero-order valence-corrected chi connectivity index (χ0v) is 16.4. The van der Waals surface area contributed by atoms with Gasteiger partial charge in [-0.15, -0.1) is 11.3 Å². The van der Waals surface area contributed by atoms with Gasteiger partial charge in [0, 0.05) is 17.5 Å². The van der Waals surface area contributed by atoms with Gasteiger partial charge in [0.2, 0.25) is 0 Å². The molecule has 0 aliphatic carbocycles. The zero-order chi connectivity index (χ0) is 20.8. The summed E-state index contributed by atoms with van der Waals surface area (Å²) in [7, 11) is 1.29. The van der Waals surface area contributed by atoms with Gasteiger partial charge in [-0.1, -0.05) is 24.3 Å². The maximum Gasteiger partial charge on any atom is 0.310 e. The molecule has 2 N–H and O–H groups in total. The van der Waals surface area contributed by atoms with E-state index in [1.807, 2.05) is 0 Å². The summed E-state index contributed by atoms with van der Waals surface area (Å²) >= 11 is 1.17. The summed E-state index contributed by atoms with van der Waals surface area (Å²) in [6, 6.07) is 12.7. The minimum Gasteiger partial charge on any atom is -0.508 e. The van der Waals surface area contributed by atoms with E-state index in [-0.39, 0.29) is 18.0 Å². The van der Waals surface area contributed by atoms with Crippen LogP contribution in [0.1, 0.15) is 16.1 Å². The highest BCUT2D eigenvalue weighted by Crippen LogP contribution is 2.26. The van der Waals surface area contributed by atoms with E-state index < -0.39 is 23.6 Å². The lowest BCUT2D eigenvalue weighted by molar-refractivity contribution is -0.145. The molecule has 2 aromatic carbocycles. The van der Waals surface area contributed by atoms with Crippen LogP contribution in [0, 0.1) is 11.7 Å². The van der Waals surface area contributed by atoms with Gasteiger partial charge >= 0.3 is 5.97 Å². The van der Waals surface area contributed by atoms with Crippen LogP contribution in [0.2, 0.25) is 0 Å². The average molecular weight is 414 g/mol. The predicted molar refractivity (Wildman–Crippen MR) is 107 cm³/mol. The van der Waals surface area contributed by atoms with E-state index in [1.165, 1.54) is 36.6 Å². The summed E-state index contributed by atoms with van der Waals surface area (Å²) < 4.78 is 18.7. The summed E-state index contributed by atoms with van der Waals surface area (Å²) in [6.07, 6.45) is 0.338. The maximum absolute atomic E-state index is 13.9. The van der Waals surface area contributed by atoms with Crippen LogP contribution in [0.4, 0.5) is 4.39 Å². The molecule has 0 radical (unpaired) electrons. The lowest BCUT2D eigenvalue weighted by Gasteiger charge is -2.15. The fraction of sp³-hybridized carbons (Fsp3) is 0.190. The first-order chi connectivity index (χ1) is 14.0. The normalized spacial score (nSPS) is 11.7. The van der Waals surface area contributed by atoms with Crippen molar-refractivity contribution in [1.82, 2.24) is 10.3 Å². The third kappa shape index (κ3) is 5.17. The predicted octanol–water partition coefficient (Wildman–Crippen LogP) is 3.42. The van der Waals surface area contributed by atoms with E-state index >= 15 is 0 Å². The lowest BCUT2D eigenvalue weighted by atomic mass is 9.99. The number of carbonyl (C=O) groups excluding carboxylic acids is 2. The van der Waals surface area contributed by atoms with E-state index in [0.717, 1.165) is 5.56 Å². The van der Waals surface area contributed by atoms with Crippen molar-refractivity contribution in [3.05, 3.63) is 71.0 Å². The van der Waals surface area contributed by atoms with Crippen LogP contribution in [-0.4, -0.2) is 35.6 Å². The number of nitrogens with one attached hydrogen (secondary N) is 1. The number of nitrogens with zero attached hydrogens (tertiary/aromatic N) is 1. The summed E-state index contributed by atoms with van der Waals surface area (Å²) in [5, 5.41) is 14.0. The third-order valence-corrected chi connectivity index (χ3v) is 5.18. The highest BCUT2D eigenvalue weighted by molar-refractivity contribution is 7.13. The number of halogens is 1. The van der Waals surface area contributed by atoms with Crippen LogP contribution in [-0.2, 0) is 16.0 Å². The van der Waals surface area contributed by atoms with E-state index in [4.69, 9.17) is 4.74 Å². The maximum atomic E-state index is 13.9. The number of thiazole rings is 1. The first-order valence-electron chi connectivity index (χ1n) is 8.82. The number of ether oxygens (including phenoxy) is 1. The Bertz CT molecular complexity index is 1000. The minimum absolute atomic E-state index is 0.0545. The lowest BCUT2D eigenvalue weighted by Crippen LogP contribution is -2.34. The van der Waals surface area contributed by atoms with Crippen LogP contribution in [0.15, 0.2) is 53.9 Å². The fourth-order valence-corrected chi connectivity index (χ4v) is 3.59. The van der Waals surface area contributed by atoms with Crippen LogP contribution < -0.4 is 5.32 Å². The van der Waals surface area contributed by atoms with Gasteiger partial charge < -0.3 is 15.2 Å². The second kappa shape index (κ2) is 9.29. The van der Waals surface area contributed by atoms with Crippen molar-refractivity contribution < 1.29 is 23.8 Å². The second-order valence-electron chi connectivity index (χ2n) is 6.32. The largest absolute Gasteiger partial charge is 0.508 e. The molecule has 0 fully saturated rings. The van der Waals surface area contributed by atoms with Crippen molar-refractivity contribution in [2.75, 3.05) is 13.7 Å². The Hall–Kier alpha value is -3.26.